The molecule has 11 heavy (non-hydrogen) atoms. The minimum absolute atomic E-state index is 0.509. The highest BCUT2D eigenvalue weighted by atomic mass is 16.2. The first kappa shape index (κ1) is 8.04. The van der Waals surface area contributed by atoms with Gasteiger partial charge in [0.25, 0.3) is 0 Å². The average molecular weight is 155 g/mol. The van der Waals surface area contributed by atoms with Crippen LogP contribution in [0.2, 0.25) is 0 Å². The van der Waals surface area contributed by atoms with Crippen LogP contribution in [0.4, 0.5) is 4.79 Å². The summed E-state index contributed by atoms with van der Waals surface area (Å²) in [6, 6.07) is -0.509. The Balaban J connectivity index is 2.40. The molecule has 0 unspecified atom stereocenters. The number of amidine groups is 1. The molecule has 0 saturated heterocycles. The van der Waals surface area contributed by atoms with Gasteiger partial charge in [0.2, 0.25) is 0 Å². The van der Waals surface area contributed by atoms with Crippen molar-refractivity contribution in [2.75, 3.05) is 6.54 Å². The van der Waals surface area contributed by atoms with E-state index >= 15 is 0 Å². The summed E-state index contributed by atoms with van der Waals surface area (Å²) in [5, 5.41) is 2.51. The second-order valence-corrected chi connectivity index (χ2v) is 2.63. The van der Waals surface area contributed by atoms with Crippen molar-refractivity contribution in [1.29, 1.82) is 0 Å². The number of hydrogen-bond donors (Lipinski definition) is 2. The van der Waals surface area contributed by atoms with Crippen molar-refractivity contribution < 1.29 is 4.79 Å². The second kappa shape index (κ2) is 3.95. The minimum Gasteiger partial charge on any atom is -0.351 e. The van der Waals surface area contributed by atoms with Gasteiger partial charge in [-0.2, -0.15) is 0 Å². The van der Waals surface area contributed by atoms with Gasteiger partial charge in [-0.15, -0.1) is 0 Å². The van der Waals surface area contributed by atoms with Crippen LogP contribution in [0.5, 0.6) is 0 Å². The molecule has 1 rings (SSSR count). The van der Waals surface area contributed by atoms with Crippen LogP contribution in [-0.4, -0.2) is 18.4 Å². The fraction of sp³-hybridized carbons (Fsp3) is 0.714. The molecule has 1 aliphatic rings. The Kier molecular flexibility index (Phi) is 2.89. The zero-order valence-electron chi connectivity index (χ0n) is 6.47. The van der Waals surface area contributed by atoms with Crippen LogP contribution < -0.4 is 11.1 Å². The van der Waals surface area contributed by atoms with Gasteiger partial charge in [0.1, 0.15) is 5.84 Å². The fourth-order valence-corrected chi connectivity index (χ4v) is 1.12. The molecule has 0 fully saturated rings. The average Bonchev–Trinajstić information content (AvgIpc) is 2.14. The topological polar surface area (TPSA) is 67.5 Å². The molecular weight excluding hydrogens is 142 g/mol. The van der Waals surface area contributed by atoms with E-state index in [0.29, 0.717) is 0 Å². The Bertz CT molecular complexity index is 177. The standard InChI is InChI=1S/C7H13N3O/c8-7(11)10-6-4-2-1-3-5-9-6/h1-5H2,(H3,8,9,10,11). The van der Waals surface area contributed by atoms with E-state index in [1.54, 1.807) is 0 Å². The molecule has 4 heteroatoms. The van der Waals surface area contributed by atoms with Crippen molar-refractivity contribution >= 4 is 11.9 Å². The maximum atomic E-state index is 10.4. The summed E-state index contributed by atoms with van der Waals surface area (Å²) in [5.74, 6) is 0.745. The molecule has 0 aromatic carbocycles. The van der Waals surface area contributed by atoms with Crippen LogP contribution in [0.25, 0.3) is 0 Å². The van der Waals surface area contributed by atoms with Gasteiger partial charge in [-0.3, -0.25) is 10.3 Å². The smallest absolute Gasteiger partial charge is 0.317 e. The van der Waals surface area contributed by atoms with Crippen molar-refractivity contribution in [3.8, 4) is 0 Å². The van der Waals surface area contributed by atoms with E-state index in [9.17, 15) is 4.79 Å². The first-order chi connectivity index (χ1) is 5.29. The highest BCUT2D eigenvalue weighted by Crippen LogP contribution is 2.05. The van der Waals surface area contributed by atoms with Gasteiger partial charge in [0, 0.05) is 13.0 Å². The van der Waals surface area contributed by atoms with Crippen molar-refractivity contribution in [2.45, 2.75) is 25.7 Å². The largest absolute Gasteiger partial charge is 0.351 e. The fourth-order valence-electron chi connectivity index (χ4n) is 1.12. The van der Waals surface area contributed by atoms with E-state index in [-0.39, 0.29) is 0 Å². The number of carbonyl (C=O) groups excluding carboxylic acids is 1. The number of urea groups is 1. The van der Waals surface area contributed by atoms with Gasteiger partial charge < -0.3 is 5.73 Å². The summed E-state index contributed by atoms with van der Waals surface area (Å²) < 4.78 is 0. The Morgan fingerprint density at radius 3 is 3.00 bits per heavy atom. The van der Waals surface area contributed by atoms with E-state index in [1.165, 1.54) is 6.42 Å². The van der Waals surface area contributed by atoms with Gasteiger partial charge >= 0.3 is 6.03 Å². The van der Waals surface area contributed by atoms with Gasteiger partial charge in [-0.1, -0.05) is 6.42 Å². The van der Waals surface area contributed by atoms with Crippen LogP contribution in [-0.2, 0) is 0 Å². The number of rotatable bonds is 0. The first-order valence-corrected chi connectivity index (χ1v) is 3.89. The third-order valence-corrected chi connectivity index (χ3v) is 1.64. The lowest BCUT2D eigenvalue weighted by Crippen LogP contribution is -2.34. The molecule has 0 aliphatic carbocycles. The molecule has 0 aromatic heterocycles. The van der Waals surface area contributed by atoms with Gasteiger partial charge in [0.05, 0.1) is 0 Å². The Labute approximate surface area is 65.9 Å². The van der Waals surface area contributed by atoms with Gasteiger partial charge in [0.15, 0.2) is 0 Å². The molecule has 0 aromatic rings. The number of nitrogens with two attached hydrogens (primary N) is 1. The molecule has 3 N–H and O–H groups in total. The molecule has 0 spiro atoms. The predicted molar refractivity (Wildman–Crippen MR) is 43.5 cm³/mol. The van der Waals surface area contributed by atoms with Crippen LogP contribution in [0.1, 0.15) is 25.7 Å². The highest BCUT2D eigenvalue weighted by Gasteiger charge is 2.04. The number of carbonyl (C=O) groups is 1. The van der Waals surface area contributed by atoms with E-state index in [1.807, 2.05) is 0 Å². The number of amides is 2. The van der Waals surface area contributed by atoms with Crippen molar-refractivity contribution in [3.05, 3.63) is 0 Å². The van der Waals surface area contributed by atoms with Crippen LogP contribution in [0, 0.1) is 0 Å². The maximum absolute atomic E-state index is 10.4. The van der Waals surface area contributed by atoms with E-state index in [0.717, 1.165) is 31.6 Å². The molecule has 1 heterocycles. The van der Waals surface area contributed by atoms with Crippen LogP contribution in [0.3, 0.4) is 0 Å². The lowest BCUT2D eigenvalue weighted by Gasteiger charge is -2.01. The first-order valence-electron chi connectivity index (χ1n) is 3.89. The molecular formula is C7H13N3O. The third kappa shape index (κ3) is 3.02. The van der Waals surface area contributed by atoms with Crippen LogP contribution >= 0.6 is 0 Å². The van der Waals surface area contributed by atoms with Gasteiger partial charge in [-0.25, -0.2) is 4.79 Å². The summed E-state index contributed by atoms with van der Waals surface area (Å²) in [6.45, 7) is 0.815. The zero-order valence-corrected chi connectivity index (χ0v) is 6.47. The Morgan fingerprint density at radius 2 is 2.27 bits per heavy atom. The zero-order chi connectivity index (χ0) is 8.10. The summed E-state index contributed by atoms with van der Waals surface area (Å²) in [7, 11) is 0. The van der Waals surface area contributed by atoms with Crippen molar-refractivity contribution in [1.82, 2.24) is 5.32 Å². The Morgan fingerprint density at radius 1 is 1.45 bits per heavy atom. The summed E-state index contributed by atoms with van der Waals surface area (Å²) >= 11 is 0. The van der Waals surface area contributed by atoms with Gasteiger partial charge in [-0.05, 0) is 12.8 Å². The quantitative estimate of drug-likeness (QED) is 0.529. The predicted octanol–water partition coefficient (Wildman–Crippen LogP) is 0.627. The van der Waals surface area contributed by atoms with E-state index < -0.39 is 6.03 Å². The molecule has 2 amide bonds. The lowest BCUT2D eigenvalue weighted by molar-refractivity contribution is 0.253. The Hall–Kier alpha value is -1.06. The molecule has 0 saturated carbocycles. The number of primary amides is 1. The summed E-state index contributed by atoms with van der Waals surface area (Å²) in [5.41, 5.74) is 4.94. The van der Waals surface area contributed by atoms with E-state index in [2.05, 4.69) is 10.3 Å². The number of aliphatic imine (C=N–C) groups is 1. The molecule has 0 radical (unpaired) electrons. The molecule has 0 bridgehead atoms. The summed E-state index contributed by atoms with van der Waals surface area (Å²) in [4.78, 5) is 14.6. The monoisotopic (exact) mass is 155 g/mol. The maximum Gasteiger partial charge on any atom is 0.317 e. The third-order valence-electron chi connectivity index (χ3n) is 1.64. The normalized spacial score (nSPS) is 18.4. The minimum atomic E-state index is -0.509. The lowest BCUT2D eigenvalue weighted by atomic mass is 10.2. The molecule has 1 aliphatic heterocycles. The second-order valence-electron chi connectivity index (χ2n) is 2.63. The number of nitrogens with zero attached hydrogens (tertiary/aromatic N) is 1. The number of hydrogen-bond acceptors (Lipinski definition) is 2. The van der Waals surface area contributed by atoms with Crippen LogP contribution in [0.15, 0.2) is 4.99 Å². The molecule has 0 atom stereocenters. The van der Waals surface area contributed by atoms with E-state index in [4.69, 9.17) is 5.73 Å². The van der Waals surface area contributed by atoms with Crippen molar-refractivity contribution in [3.63, 3.8) is 0 Å². The summed E-state index contributed by atoms with van der Waals surface area (Å²) in [6.07, 6.45) is 4.25. The SMILES string of the molecule is NC(=O)NC1=NCCCCC1. The molecule has 4 nitrogen and oxygen atoms in total. The van der Waals surface area contributed by atoms with Crippen molar-refractivity contribution in [2.24, 2.45) is 10.7 Å². The number of nitrogens with one attached hydrogen (secondary N) is 1. The highest BCUT2D eigenvalue weighted by molar-refractivity contribution is 5.96. The molecule has 62 valence electrons.